The molecule has 0 aliphatic carbocycles. The van der Waals surface area contributed by atoms with Gasteiger partial charge < -0.3 is 20.7 Å². The van der Waals surface area contributed by atoms with Crippen LogP contribution in [-0.2, 0) is 16.1 Å². The van der Waals surface area contributed by atoms with Gasteiger partial charge in [0.1, 0.15) is 0 Å². The Morgan fingerprint density at radius 1 is 1.23 bits per heavy atom. The quantitative estimate of drug-likeness (QED) is 0.728. The first kappa shape index (κ1) is 18.0. The molecule has 1 atom stereocenters. The van der Waals surface area contributed by atoms with Crippen molar-refractivity contribution in [3.63, 3.8) is 0 Å². The van der Waals surface area contributed by atoms with Crippen LogP contribution in [0.1, 0.15) is 22.3 Å². The molecule has 1 aliphatic heterocycles. The van der Waals surface area contributed by atoms with Gasteiger partial charge in [-0.05, 0) is 29.8 Å². The summed E-state index contributed by atoms with van der Waals surface area (Å²) < 4.78 is 5.34. The Kier molecular flexibility index (Phi) is 6.29. The smallest absolute Gasteiger partial charge is 0.255 e. The molecule has 0 saturated carbocycles. The predicted octanol–water partition coefficient (Wildman–Crippen LogP) is 1.33. The van der Waals surface area contributed by atoms with Gasteiger partial charge in [0.15, 0.2) is 0 Å². The second-order valence-corrected chi connectivity index (χ2v) is 6.10. The Hall–Kier alpha value is -2.77. The number of benzene rings is 1. The predicted molar refractivity (Wildman–Crippen MR) is 97.7 cm³/mol. The number of hydrogen-bond acceptors (Lipinski definition) is 5. The standard InChI is InChI=1S/C19H22N4O3/c24-18(10-17-13-26-9-8-21-17)22-11-14-3-5-15(6-4-14)19(25)23-16-2-1-7-20-12-16/h1-7,12,17,21H,8-11,13H2,(H,22,24)(H,23,25). The Morgan fingerprint density at radius 2 is 2.08 bits per heavy atom. The number of amides is 2. The number of nitrogens with one attached hydrogen (secondary N) is 3. The molecule has 7 nitrogen and oxygen atoms in total. The lowest BCUT2D eigenvalue weighted by Crippen LogP contribution is -2.44. The maximum absolute atomic E-state index is 12.2. The first-order chi connectivity index (χ1) is 12.7. The third kappa shape index (κ3) is 5.37. The van der Waals surface area contributed by atoms with Gasteiger partial charge >= 0.3 is 0 Å². The van der Waals surface area contributed by atoms with E-state index < -0.39 is 0 Å². The van der Waals surface area contributed by atoms with Crippen LogP contribution >= 0.6 is 0 Å². The van der Waals surface area contributed by atoms with E-state index in [4.69, 9.17) is 4.74 Å². The fraction of sp³-hybridized carbons (Fsp3) is 0.316. The monoisotopic (exact) mass is 354 g/mol. The number of hydrogen-bond donors (Lipinski definition) is 3. The van der Waals surface area contributed by atoms with Crippen molar-refractivity contribution in [3.05, 3.63) is 59.9 Å². The summed E-state index contributed by atoms with van der Waals surface area (Å²) in [5.41, 5.74) is 2.13. The van der Waals surface area contributed by atoms with Gasteiger partial charge in [-0.3, -0.25) is 14.6 Å². The van der Waals surface area contributed by atoms with E-state index in [0.29, 0.717) is 37.4 Å². The van der Waals surface area contributed by atoms with Crippen LogP contribution in [0.3, 0.4) is 0 Å². The third-order valence-corrected chi connectivity index (χ3v) is 4.06. The highest BCUT2D eigenvalue weighted by atomic mass is 16.5. The highest BCUT2D eigenvalue weighted by Gasteiger charge is 2.16. The lowest BCUT2D eigenvalue weighted by molar-refractivity contribution is -0.122. The molecule has 1 aliphatic rings. The molecule has 2 amide bonds. The summed E-state index contributed by atoms with van der Waals surface area (Å²) in [5, 5.41) is 8.93. The maximum atomic E-state index is 12.2. The Labute approximate surface area is 152 Å². The molecule has 7 heteroatoms. The average Bonchev–Trinajstić information content (AvgIpc) is 2.68. The van der Waals surface area contributed by atoms with Gasteiger partial charge in [-0.2, -0.15) is 0 Å². The average molecular weight is 354 g/mol. The van der Waals surface area contributed by atoms with Crippen LogP contribution < -0.4 is 16.0 Å². The van der Waals surface area contributed by atoms with Crippen molar-refractivity contribution in [2.45, 2.75) is 19.0 Å². The molecule has 26 heavy (non-hydrogen) atoms. The highest BCUT2D eigenvalue weighted by Crippen LogP contribution is 2.09. The molecule has 3 rings (SSSR count). The van der Waals surface area contributed by atoms with E-state index >= 15 is 0 Å². The molecule has 2 aromatic rings. The van der Waals surface area contributed by atoms with Crippen molar-refractivity contribution in [2.24, 2.45) is 0 Å². The van der Waals surface area contributed by atoms with Gasteiger partial charge in [0, 0.05) is 37.3 Å². The summed E-state index contributed by atoms with van der Waals surface area (Å²) in [7, 11) is 0. The number of pyridine rings is 1. The van der Waals surface area contributed by atoms with Crippen LogP contribution in [0, 0.1) is 0 Å². The second-order valence-electron chi connectivity index (χ2n) is 6.10. The van der Waals surface area contributed by atoms with Crippen LogP contribution in [-0.4, -0.2) is 42.6 Å². The van der Waals surface area contributed by atoms with E-state index in [1.165, 1.54) is 0 Å². The number of carbonyl (C=O) groups excluding carboxylic acids is 2. The van der Waals surface area contributed by atoms with Crippen LogP contribution in [0.4, 0.5) is 5.69 Å². The van der Waals surface area contributed by atoms with Crippen LogP contribution in [0.25, 0.3) is 0 Å². The molecular formula is C19H22N4O3. The van der Waals surface area contributed by atoms with Crippen LogP contribution in [0.15, 0.2) is 48.8 Å². The van der Waals surface area contributed by atoms with Crippen molar-refractivity contribution in [2.75, 3.05) is 25.1 Å². The van der Waals surface area contributed by atoms with Crippen molar-refractivity contribution >= 4 is 17.5 Å². The number of anilines is 1. The number of carbonyl (C=O) groups is 2. The van der Waals surface area contributed by atoms with E-state index in [-0.39, 0.29) is 17.9 Å². The fourth-order valence-corrected chi connectivity index (χ4v) is 2.66. The van der Waals surface area contributed by atoms with Gasteiger partial charge in [0.25, 0.3) is 5.91 Å². The number of rotatable bonds is 6. The lowest BCUT2D eigenvalue weighted by Gasteiger charge is -2.23. The van der Waals surface area contributed by atoms with Gasteiger partial charge in [0.2, 0.25) is 5.91 Å². The minimum Gasteiger partial charge on any atom is -0.378 e. The number of ether oxygens (including phenoxy) is 1. The zero-order valence-electron chi connectivity index (χ0n) is 14.4. The van der Waals surface area contributed by atoms with Crippen molar-refractivity contribution in [1.29, 1.82) is 0 Å². The molecule has 2 heterocycles. The molecule has 136 valence electrons. The maximum Gasteiger partial charge on any atom is 0.255 e. The van der Waals surface area contributed by atoms with Crippen LogP contribution in [0.5, 0.6) is 0 Å². The minimum absolute atomic E-state index is 0.0219. The fourth-order valence-electron chi connectivity index (χ4n) is 2.66. The van der Waals surface area contributed by atoms with Crippen LogP contribution in [0.2, 0.25) is 0 Å². The molecule has 1 aromatic carbocycles. The summed E-state index contributed by atoms with van der Waals surface area (Å²) in [4.78, 5) is 28.1. The summed E-state index contributed by atoms with van der Waals surface area (Å²) in [6, 6.07) is 10.8. The summed E-state index contributed by atoms with van der Waals surface area (Å²) in [6.45, 7) is 2.46. The lowest BCUT2D eigenvalue weighted by atomic mass is 10.1. The Morgan fingerprint density at radius 3 is 2.77 bits per heavy atom. The Balaban J connectivity index is 1.46. The van der Waals surface area contributed by atoms with E-state index in [9.17, 15) is 9.59 Å². The molecule has 0 bridgehead atoms. The van der Waals surface area contributed by atoms with E-state index in [2.05, 4.69) is 20.9 Å². The molecule has 1 aromatic heterocycles. The summed E-state index contributed by atoms with van der Waals surface area (Å²) in [6.07, 6.45) is 3.63. The van der Waals surface area contributed by atoms with E-state index in [1.54, 1.807) is 36.7 Å². The first-order valence-electron chi connectivity index (χ1n) is 8.59. The molecule has 1 saturated heterocycles. The molecule has 1 fully saturated rings. The number of aromatic nitrogens is 1. The zero-order valence-corrected chi connectivity index (χ0v) is 14.4. The number of nitrogens with zero attached hydrogens (tertiary/aromatic N) is 1. The normalized spacial score (nSPS) is 16.7. The molecule has 1 unspecified atom stereocenters. The highest BCUT2D eigenvalue weighted by molar-refractivity contribution is 6.04. The largest absolute Gasteiger partial charge is 0.378 e. The molecular weight excluding hydrogens is 332 g/mol. The van der Waals surface area contributed by atoms with E-state index in [0.717, 1.165) is 12.1 Å². The summed E-state index contributed by atoms with van der Waals surface area (Å²) in [5.74, 6) is -0.219. The topological polar surface area (TPSA) is 92.4 Å². The van der Waals surface area contributed by atoms with Crippen molar-refractivity contribution < 1.29 is 14.3 Å². The van der Waals surface area contributed by atoms with Gasteiger partial charge in [-0.1, -0.05) is 12.1 Å². The Bertz CT molecular complexity index is 728. The molecule has 3 N–H and O–H groups in total. The number of morpholine rings is 1. The third-order valence-electron chi connectivity index (χ3n) is 4.06. The molecule has 0 spiro atoms. The van der Waals surface area contributed by atoms with E-state index in [1.807, 2.05) is 12.1 Å². The van der Waals surface area contributed by atoms with Gasteiger partial charge in [-0.15, -0.1) is 0 Å². The van der Waals surface area contributed by atoms with Crippen molar-refractivity contribution in [3.8, 4) is 0 Å². The van der Waals surface area contributed by atoms with Gasteiger partial charge in [0.05, 0.1) is 25.1 Å². The SMILES string of the molecule is O=C(CC1COCCN1)NCc1ccc(C(=O)Nc2cccnc2)cc1. The molecule has 0 radical (unpaired) electrons. The van der Waals surface area contributed by atoms with Crippen molar-refractivity contribution in [1.82, 2.24) is 15.6 Å². The zero-order chi connectivity index (χ0) is 18.2. The second kappa shape index (κ2) is 9.07. The first-order valence-corrected chi connectivity index (χ1v) is 8.59. The summed E-state index contributed by atoms with van der Waals surface area (Å²) >= 11 is 0. The van der Waals surface area contributed by atoms with Gasteiger partial charge in [-0.25, -0.2) is 0 Å². The minimum atomic E-state index is -0.197.